The number of carbonyl (C=O) groups excluding carboxylic acids is 1. The second kappa shape index (κ2) is 8.14. The molecule has 1 aromatic rings. The first kappa shape index (κ1) is 18.4. The zero-order valence-corrected chi connectivity index (χ0v) is 14.3. The Morgan fingerprint density at radius 1 is 1.32 bits per heavy atom. The molecule has 22 heavy (non-hydrogen) atoms. The van der Waals surface area contributed by atoms with Crippen LogP contribution in [-0.2, 0) is 10.0 Å². The highest BCUT2D eigenvalue weighted by atomic mass is 32.2. The quantitative estimate of drug-likeness (QED) is 0.763. The maximum Gasteiger partial charge on any atom is 0.255 e. The zero-order valence-electron chi connectivity index (χ0n) is 13.5. The van der Waals surface area contributed by atoms with E-state index in [2.05, 4.69) is 10.0 Å². The van der Waals surface area contributed by atoms with Crippen molar-refractivity contribution < 1.29 is 17.9 Å². The van der Waals surface area contributed by atoms with Crippen molar-refractivity contribution >= 4 is 15.9 Å². The lowest BCUT2D eigenvalue weighted by molar-refractivity contribution is 0.0950. The molecule has 0 saturated heterocycles. The Balaban J connectivity index is 3.16. The van der Waals surface area contributed by atoms with E-state index in [0.717, 1.165) is 6.42 Å². The molecule has 1 amide bonds. The van der Waals surface area contributed by atoms with Gasteiger partial charge in [-0.05, 0) is 38.0 Å². The highest BCUT2D eigenvalue weighted by molar-refractivity contribution is 7.89. The number of ether oxygens (including phenoxy) is 1. The van der Waals surface area contributed by atoms with Crippen molar-refractivity contribution in [2.45, 2.75) is 44.6 Å². The molecule has 0 saturated carbocycles. The molecule has 0 fully saturated rings. The fraction of sp³-hybridized carbons (Fsp3) is 0.533. The Bertz CT molecular complexity index is 614. The van der Waals surface area contributed by atoms with Crippen LogP contribution in [0.3, 0.4) is 0 Å². The molecule has 0 aliphatic carbocycles. The van der Waals surface area contributed by atoms with Gasteiger partial charge in [0.25, 0.3) is 5.91 Å². The van der Waals surface area contributed by atoms with Crippen LogP contribution in [0.25, 0.3) is 0 Å². The van der Waals surface area contributed by atoms with Gasteiger partial charge in [0.2, 0.25) is 10.0 Å². The molecule has 2 N–H and O–H groups in total. The summed E-state index contributed by atoms with van der Waals surface area (Å²) in [6.45, 7) is 6.14. The summed E-state index contributed by atoms with van der Waals surface area (Å²) in [4.78, 5) is 12.2. The van der Waals surface area contributed by atoms with Gasteiger partial charge in [-0.15, -0.1) is 0 Å². The number of methoxy groups -OCH3 is 1. The van der Waals surface area contributed by atoms with E-state index in [1.165, 1.54) is 25.3 Å². The molecule has 0 aliphatic rings. The third-order valence-electron chi connectivity index (χ3n) is 3.23. The van der Waals surface area contributed by atoms with Crippen LogP contribution in [-0.4, -0.2) is 34.0 Å². The average molecular weight is 328 g/mol. The summed E-state index contributed by atoms with van der Waals surface area (Å²) >= 11 is 0. The number of hydrogen-bond acceptors (Lipinski definition) is 4. The van der Waals surface area contributed by atoms with E-state index >= 15 is 0 Å². The predicted molar refractivity (Wildman–Crippen MR) is 85.7 cm³/mol. The first-order valence-electron chi connectivity index (χ1n) is 7.34. The highest BCUT2D eigenvalue weighted by Gasteiger charge is 2.20. The van der Waals surface area contributed by atoms with Crippen LogP contribution in [0.4, 0.5) is 0 Å². The Hall–Kier alpha value is -1.60. The number of benzene rings is 1. The monoisotopic (exact) mass is 328 g/mol. The van der Waals surface area contributed by atoms with Crippen LogP contribution in [0, 0.1) is 0 Å². The van der Waals surface area contributed by atoms with Gasteiger partial charge in [-0.3, -0.25) is 4.79 Å². The van der Waals surface area contributed by atoms with Crippen LogP contribution < -0.4 is 14.8 Å². The third-order valence-corrected chi connectivity index (χ3v) is 4.82. The molecule has 1 aromatic carbocycles. The Labute approximate surface area is 132 Å². The van der Waals surface area contributed by atoms with E-state index in [4.69, 9.17) is 4.74 Å². The minimum atomic E-state index is -3.66. The molecule has 0 spiro atoms. The van der Waals surface area contributed by atoms with Gasteiger partial charge in [-0.2, -0.15) is 0 Å². The average Bonchev–Trinajstić information content (AvgIpc) is 2.51. The van der Waals surface area contributed by atoms with Gasteiger partial charge in [0.05, 0.1) is 17.6 Å². The van der Waals surface area contributed by atoms with Gasteiger partial charge >= 0.3 is 0 Å². The van der Waals surface area contributed by atoms with Crippen molar-refractivity contribution in [3.05, 3.63) is 23.8 Å². The van der Waals surface area contributed by atoms with Crippen molar-refractivity contribution in [1.29, 1.82) is 0 Å². The molecular weight excluding hydrogens is 304 g/mol. The fourth-order valence-corrected chi connectivity index (χ4v) is 3.13. The normalized spacial score (nSPS) is 12.7. The van der Waals surface area contributed by atoms with Crippen LogP contribution >= 0.6 is 0 Å². The molecule has 1 atom stereocenters. The number of amides is 1. The topological polar surface area (TPSA) is 84.5 Å². The summed E-state index contributed by atoms with van der Waals surface area (Å²) in [6, 6.07) is 4.09. The van der Waals surface area contributed by atoms with Gasteiger partial charge in [-0.1, -0.05) is 13.8 Å². The second-order valence-electron chi connectivity index (χ2n) is 5.05. The predicted octanol–water partition coefficient (Wildman–Crippen LogP) is 1.91. The van der Waals surface area contributed by atoms with E-state index in [9.17, 15) is 13.2 Å². The lowest BCUT2D eigenvalue weighted by Gasteiger charge is -2.14. The maximum absolute atomic E-state index is 12.3. The van der Waals surface area contributed by atoms with E-state index in [0.29, 0.717) is 18.7 Å². The summed E-state index contributed by atoms with van der Waals surface area (Å²) in [7, 11) is -2.22. The van der Waals surface area contributed by atoms with Gasteiger partial charge in [-0.25, -0.2) is 13.1 Å². The lowest BCUT2D eigenvalue weighted by atomic mass is 10.2. The van der Waals surface area contributed by atoms with Crippen molar-refractivity contribution in [3.63, 3.8) is 0 Å². The van der Waals surface area contributed by atoms with Crippen molar-refractivity contribution in [2.75, 3.05) is 13.7 Å². The Morgan fingerprint density at radius 2 is 2.00 bits per heavy atom. The molecule has 7 heteroatoms. The number of rotatable bonds is 8. The lowest BCUT2D eigenvalue weighted by Crippen LogP contribution is -2.32. The SMILES string of the molecule is CCCNC(=O)c1cc(S(=O)(=O)NC(C)CC)ccc1OC. The smallest absolute Gasteiger partial charge is 0.255 e. The molecule has 0 aromatic heterocycles. The highest BCUT2D eigenvalue weighted by Crippen LogP contribution is 2.22. The summed E-state index contributed by atoms with van der Waals surface area (Å²) in [5.74, 6) is -0.00427. The molecule has 0 radical (unpaired) electrons. The molecule has 0 aliphatic heterocycles. The standard InChI is InChI=1S/C15H24N2O4S/c1-5-9-16-15(18)13-10-12(7-8-14(13)21-4)22(19,20)17-11(3)6-2/h7-8,10-11,17H,5-6,9H2,1-4H3,(H,16,18). The van der Waals surface area contributed by atoms with E-state index in [1.807, 2.05) is 13.8 Å². The largest absolute Gasteiger partial charge is 0.496 e. The van der Waals surface area contributed by atoms with E-state index in [1.54, 1.807) is 6.92 Å². The molecule has 124 valence electrons. The maximum atomic E-state index is 12.3. The Kier molecular flexibility index (Phi) is 6.83. The number of nitrogens with one attached hydrogen (secondary N) is 2. The van der Waals surface area contributed by atoms with Crippen LogP contribution in [0.5, 0.6) is 5.75 Å². The fourth-order valence-electron chi connectivity index (χ4n) is 1.78. The summed E-state index contributed by atoms with van der Waals surface area (Å²) < 4.78 is 32.3. The zero-order chi connectivity index (χ0) is 16.8. The number of hydrogen-bond donors (Lipinski definition) is 2. The summed E-state index contributed by atoms with van der Waals surface area (Å²) in [6.07, 6.45) is 1.47. The van der Waals surface area contributed by atoms with Crippen molar-refractivity contribution in [1.82, 2.24) is 10.0 Å². The van der Waals surface area contributed by atoms with Crippen LogP contribution in [0.15, 0.2) is 23.1 Å². The van der Waals surface area contributed by atoms with E-state index < -0.39 is 10.0 Å². The molecule has 0 heterocycles. The molecule has 1 rings (SSSR count). The third kappa shape index (κ3) is 4.71. The number of carbonyl (C=O) groups is 1. The first-order chi connectivity index (χ1) is 10.4. The van der Waals surface area contributed by atoms with Crippen molar-refractivity contribution in [2.24, 2.45) is 0 Å². The van der Waals surface area contributed by atoms with Crippen molar-refractivity contribution in [3.8, 4) is 5.75 Å². The first-order valence-corrected chi connectivity index (χ1v) is 8.82. The van der Waals surface area contributed by atoms with Crippen LogP contribution in [0.2, 0.25) is 0 Å². The van der Waals surface area contributed by atoms with Gasteiger partial charge in [0.15, 0.2) is 0 Å². The minimum absolute atomic E-state index is 0.0512. The summed E-state index contributed by atoms with van der Waals surface area (Å²) in [5, 5.41) is 2.72. The molecule has 1 unspecified atom stereocenters. The molecular formula is C15H24N2O4S. The minimum Gasteiger partial charge on any atom is -0.496 e. The second-order valence-corrected chi connectivity index (χ2v) is 6.76. The van der Waals surface area contributed by atoms with Gasteiger partial charge in [0.1, 0.15) is 5.75 Å². The van der Waals surface area contributed by atoms with Crippen LogP contribution in [0.1, 0.15) is 44.0 Å². The molecule has 6 nitrogen and oxygen atoms in total. The summed E-state index contributed by atoms with van der Waals surface area (Å²) in [5.41, 5.74) is 0.211. The molecule has 0 bridgehead atoms. The number of sulfonamides is 1. The van der Waals surface area contributed by atoms with E-state index in [-0.39, 0.29) is 22.4 Å². The Morgan fingerprint density at radius 3 is 2.55 bits per heavy atom. The van der Waals surface area contributed by atoms with Gasteiger partial charge in [0, 0.05) is 12.6 Å². The van der Waals surface area contributed by atoms with Gasteiger partial charge < -0.3 is 10.1 Å².